The predicted octanol–water partition coefficient (Wildman–Crippen LogP) is 4.52. The Kier molecular flexibility index (Phi) is 9.60. The van der Waals surface area contributed by atoms with Crippen molar-refractivity contribution in [3.05, 3.63) is 77.0 Å². The fraction of sp³-hybridized carbons (Fsp3) is 0.436. The lowest BCUT2D eigenvalue weighted by Gasteiger charge is -2.30. The van der Waals surface area contributed by atoms with Gasteiger partial charge in [-0.3, -0.25) is 28.9 Å². The molecule has 16 heteroatoms. The molecule has 0 radical (unpaired) electrons. The Labute approximate surface area is 321 Å². The number of hydrogen-bond acceptors (Lipinski definition) is 10. The maximum Gasteiger partial charge on any atom is 0.263 e. The second-order valence-electron chi connectivity index (χ2n) is 15.2. The van der Waals surface area contributed by atoms with E-state index in [0.717, 1.165) is 29.6 Å². The molecule has 5 atom stereocenters. The number of aromatic nitrogens is 2. The van der Waals surface area contributed by atoms with E-state index >= 15 is 4.39 Å². The number of rotatable bonds is 7. The van der Waals surface area contributed by atoms with Gasteiger partial charge >= 0.3 is 0 Å². The van der Waals surface area contributed by atoms with Gasteiger partial charge in [0.2, 0.25) is 27.7 Å². The van der Waals surface area contributed by atoms with Crippen LogP contribution in [0.3, 0.4) is 0 Å². The van der Waals surface area contributed by atoms with Gasteiger partial charge in [-0.25, -0.2) is 17.8 Å². The number of amides is 4. The van der Waals surface area contributed by atoms with Crippen LogP contribution in [0.25, 0.3) is 21.7 Å². The van der Waals surface area contributed by atoms with Crippen molar-refractivity contribution >= 4 is 66.7 Å². The first-order valence-electron chi connectivity index (χ1n) is 18.6. The van der Waals surface area contributed by atoms with Crippen molar-refractivity contribution in [2.24, 2.45) is 5.92 Å². The largest absolute Gasteiger partial charge is 0.472 e. The van der Waals surface area contributed by atoms with Crippen LogP contribution in [0.15, 0.2) is 66.3 Å². The second kappa shape index (κ2) is 14.3. The minimum atomic E-state index is -4.02. The average Bonchev–Trinajstić information content (AvgIpc) is 3.91. The number of fused-ring (bicyclic) bond motifs is 5. The van der Waals surface area contributed by atoms with E-state index in [4.69, 9.17) is 4.74 Å². The fourth-order valence-electron chi connectivity index (χ4n) is 7.68. The number of nitrogens with zero attached hydrogens (tertiary/aromatic N) is 3. The van der Waals surface area contributed by atoms with Gasteiger partial charge in [-0.1, -0.05) is 55.3 Å². The van der Waals surface area contributed by atoms with Crippen LogP contribution >= 0.6 is 11.3 Å². The molecule has 2 aliphatic carbocycles. The van der Waals surface area contributed by atoms with Gasteiger partial charge in [-0.05, 0) is 63.0 Å². The highest BCUT2D eigenvalue weighted by Crippen LogP contribution is 2.47. The summed E-state index contributed by atoms with van der Waals surface area (Å²) in [5, 5.41) is 7.19. The normalized spacial score (nSPS) is 27.2. The van der Waals surface area contributed by atoms with E-state index in [2.05, 4.69) is 25.3 Å². The van der Waals surface area contributed by atoms with Crippen LogP contribution in [0.4, 0.5) is 4.39 Å². The molecule has 13 nitrogen and oxygen atoms in total. The number of ether oxygens (including phenoxy) is 1. The number of carbonyl (C=O) groups excluding carboxylic acids is 4. The summed E-state index contributed by atoms with van der Waals surface area (Å²) in [5.41, 5.74) is 0.530. The molecule has 2 aromatic carbocycles. The number of hydrogen-bond donors (Lipinski definition) is 3. The molecule has 2 aromatic heterocycles. The summed E-state index contributed by atoms with van der Waals surface area (Å²) in [6.07, 6.45) is 8.42. The Morgan fingerprint density at radius 1 is 1.07 bits per heavy atom. The highest BCUT2D eigenvalue weighted by molar-refractivity contribution is 7.91. The van der Waals surface area contributed by atoms with Gasteiger partial charge < -0.3 is 20.3 Å². The molecule has 0 bridgehead atoms. The van der Waals surface area contributed by atoms with Crippen LogP contribution in [-0.2, 0) is 24.4 Å². The topological polar surface area (TPSA) is 177 Å². The number of para-hydroxylation sites is 1. The van der Waals surface area contributed by atoms with E-state index in [-0.39, 0.29) is 30.7 Å². The smallest absolute Gasteiger partial charge is 0.263 e. The molecule has 0 unspecified atom stereocenters. The highest BCUT2D eigenvalue weighted by Gasteiger charge is 2.63. The Morgan fingerprint density at radius 2 is 1.87 bits per heavy atom. The third-order valence-electron chi connectivity index (χ3n) is 11.4. The van der Waals surface area contributed by atoms with Crippen LogP contribution in [-0.4, -0.2) is 81.9 Å². The van der Waals surface area contributed by atoms with Crippen molar-refractivity contribution in [1.29, 1.82) is 0 Å². The Hall–Kier alpha value is -4.96. The number of benzene rings is 2. The van der Waals surface area contributed by atoms with Crippen LogP contribution in [0.1, 0.15) is 74.4 Å². The van der Waals surface area contributed by atoms with E-state index in [1.54, 1.807) is 25.1 Å². The maximum absolute atomic E-state index is 15.5. The van der Waals surface area contributed by atoms with Gasteiger partial charge in [-0.15, -0.1) is 11.3 Å². The molecule has 4 heterocycles. The Bertz CT molecular complexity index is 2330. The molecular formula is C39H41FN6O7S2. The van der Waals surface area contributed by atoms with E-state index in [1.807, 2.05) is 30.4 Å². The summed E-state index contributed by atoms with van der Waals surface area (Å²) in [6, 6.07) is 9.77. The third-order valence-corrected chi connectivity index (χ3v) is 14.3. The minimum absolute atomic E-state index is 0.00414. The number of pyridine rings is 1. The van der Waals surface area contributed by atoms with Gasteiger partial charge in [0.25, 0.3) is 11.8 Å². The molecule has 3 fully saturated rings. The summed E-state index contributed by atoms with van der Waals surface area (Å²) in [4.78, 5) is 66.5. The highest BCUT2D eigenvalue weighted by atomic mass is 32.2. The van der Waals surface area contributed by atoms with E-state index in [1.165, 1.54) is 22.7 Å². The molecule has 2 saturated carbocycles. The molecule has 1 saturated heterocycles. The zero-order valence-electron chi connectivity index (χ0n) is 30.1. The molecule has 4 aliphatic rings. The van der Waals surface area contributed by atoms with E-state index < -0.39 is 73.9 Å². The zero-order valence-corrected chi connectivity index (χ0v) is 31.8. The lowest BCUT2D eigenvalue weighted by molar-refractivity contribution is -0.141. The van der Waals surface area contributed by atoms with Gasteiger partial charge in [0.15, 0.2) is 0 Å². The molecule has 8 rings (SSSR count). The van der Waals surface area contributed by atoms with Crippen molar-refractivity contribution in [2.75, 3.05) is 6.54 Å². The first kappa shape index (κ1) is 37.0. The molecule has 4 amide bonds. The second-order valence-corrected chi connectivity index (χ2v) is 18.3. The quantitative estimate of drug-likeness (QED) is 0.180. The first-order valence-corrected chi connectivity index (χ1v) is 20.9. The van der Waals surface area contributed by atoms with Crippen molar-refractivity contribution in [2.45, 2.75) is 93.2 Å². The van der Waals surface area contributed by atoms with Crippen LogP contribution < -0.4 is 20.1 Å². The Balaban J connectivity index is 1.14. The SMILES string of the molecule is CC1(S(=O)(=O)NC(=O)[C@@]23C[C@H]2/C=C\CCCCC[C@H](NC(=O)c2cncs2)C(=O)N2C[C@H](Oc4nc5ccccc5c5cccc(F)c45)C[C@H]2C(=O)N3)CC1. The predicted molar refractivity (Wildman–Crippen MR) is 203 cm³/mol. The molecule has 55 heavy (non-hydrogen) atoms. The average molecular weight is 789 g/mol. The van der Waals surface area contributed by atoms with Gasteiger partial charge in [0.05, 0.1) is 33.9 Å². The zero-order chi connectivity index (χ0) is 38.5. The first-order chi connectivity index (χ1) is 26.4. The number of sulfonamides is 1. The molecule has 288 valence electrons. The molecule has 3 N–H and O–H groups in total. The summed E-state index contributed by atoms with van der Waals surface area (Å²) in [7, 11) is -4.02. The van der Waals surface area contributed by atoms with Gasteiger partial charge in [-0.2, -0.15) is 0 Å². The number of carbonyl (C=O) groups is 4. The summed E-state index contributed by atoms with van der Waals surface area (Å²) in [5.74, 6) is -3.50. The van der Waals surface area contributed by atoms with Crippen molar-refractivity contribution < 1.29 is 36.7 Å². The van der Waals surface area contributed by atoms with Crippen molar-refractivity contribution in [3.8, 4) is 5.88 Å². The van der Waals surface area contributed by atoms with Crippen molar-refractivity contribution in [1.82, 2.24) is 30.2 Å². The number of thiazole rings is 1. The maximum atomic E-state index is 15.5. The molecular weight excluding hydrogens is 748 g/mol. The molecule has 2 aliphatic heterocycles. The molecule has 0 spiro atoms. The lowest BCUT2D eigenvalue weighted by atomic mass is 10.0. The number of nitrogens with one attached hydrogen (secondary N) is 3. The summed E-state index contributed by atoms with van der Waals surface area (Å²) < 4.78 is 49.4. The Morgan fingerprint density at radius 3 is 2.65 bits per heavy atom. The van der Waals surface area contributed by atoms with Gasteiger partial charge in [0, 0.05) is 17.7 Å². The summed E-state index contributed by atoms with van der Waals surface area (Å²) in [6.45, 7) is 1.47. The minimum Gasteiger partial charge on any atom is -0.472 e. The molecule has 4 aromatic rings. The lowest BCUT2D eigenvalue weighted by Crippen LogP contribution is -2.58. The number of allylic oxidation sites excluding steroid dienone is 1. The fourth-order valence-corrected chi connectivity index (χ4v) is 9.51. The van der Waals surface area contributed by atoms with Crippen LogP contribution in [0, 0.1) is 11.7 Å². The third kappa shape index (κ3) is 7.05. The van der Waals surface area contributed by atoms with E-state index in [9.17, 15) is 27.6 Å². The van der Waals surface area contributed by atoms with Crippen molar-refractivity contribution in [3.63, 3.8) is 0 Å². The van der Waals surface area contributed by atoms with E-state index in [0.29, 0.717) is 47.9 Å². The standard InChI is InChI=1S/C39H41FN6O7S2/c1-38(16-17-38)55(51,52)45-37(50)39-19-23(39)10-5-3-2-4-6-15-29(42-34(48)31-20-41-22-54-31)36(49)46-21-24(18-30(46)33(47)44-39)53-35-32-26(12-9-13-27(32)40)25-11-7-8-14-28(25)43-35/h5,7-14,20,22-24,29-30H,2-4,6,15-19,21H2,1H3,(H,42,48)(H,44,47)(H,45,50)/b10-5-/t23-,24-,29+,30+,39-/m1/s1. The summed E-state index contributed by atoms with van der Waals surface area (Å²) >= 11 is 1.13. The van der Waals surface area contributed by atoms with Gasteiger partial charge in [0.1, 0.15) is 34.4 Å². The van der Waals surface area contributed by atoms with Crippen LogP contribution in [0.2, 0.25) is 0 Å². The van der Waals surface area contributed by atoms with Crippen LogP contribution in [0.5, 0.6) is 5.88 Å². The number of halogens is 1. The monoisotopic (exact) mass is 788 g/mol.